The van der Waals surface area contributed by atoms with Crippen LogP contribution in [0.4, 0.5) is 0 Å². The van der Waals surface area contributed by atoms with Crippen LogP contribution in [0.15, 0.2) is 194 Å². The molecule has 0 atom stereocenters. The van der Waals surface area contributed by atoms with Gasteiger partial charge in [-0.25, -0.2) is 0 Å². The molecular weight excluding hydrogens is 669 g/mol. The molecule has 0 aliphatic heterocycles. The van der Waals surface area contributed by atoms with E-state index in [0.717, 1.165) is 9.58 Å². The Morgan fingerprint density at radius 1 is 0.429 bits per heavy atom. The van der Waals surface area contributed by atoms with E-state index in [4.69, 9.17) is 0 Å². The van der Waals surface area contributed by atoms with Crippen LogP contribution in [0.3, 0.4) is 0 Å². The molecule has 0 bridgehead atoms. The molecule has 7 aromatic carbocycles. The Morgan fingerprint density at radius 2 is 0.735 bits per heavy atom. The maximum absolute atomic E-state index is 13.5. The zero-order valence-electron chi connectivity index (χ0n) is 28.4. The van der Waals surface area contributed by atoms with Crippen molar-refractivity contribution >= 4 is 59.7 Å². The van der Waals surface area contributed by atoms with E-state index in [-0.39, 0.29) is 5.41 Å². The van der Waals surface area contributed by atoms with E-state index < -0.39 is 21.3 Å². The van der Waals surface area contributed by atoms with Gasteiger partial charge < -0.3 is 0 Å². The SMILES string of the molecule is CC(C)(C)c1cc([Si](c2ccccc2)(c2ccccc2)c2ccccc2)c(O)[c]([Ge]([c]2ccccc2)([c]2ccccc2)[c]2ccccc2)c1. The molecule has 0 amide bonds. The first kappa shape index (κ1) is 32.6. The summed E-state index contributed by atoms with van der Waals surface area (Å²) in [6.07, 6.45) is 0. The average Bonchev–Trinajstić information content (AvgIpc) is 3.16. The van der Waals surface area contributed by atoms with Crippen molar-refractivity contribution in [3.05, 3.63) is 200 Å². The van der Waals surface area contributed by atoms with Crippen molar-refractivity contribution in [1.29, 1.82) is 0 Å². The van der Waals surface area contributed by atoms with Gasteiger partial charge in [0.2, 0.25) is 0 Å². The molecule has 7 aromatic rings. The van der Waals surface area contributed by atoms with E-state index in [9.17, 15) is 5.11 Å². The van der Waals surface area contributed by atoms with Crippen LogP contribution in [0.2, 0.25) is 0 Å². The van der Waals surface area contributed by atoms with Crippen molar-refractivity contribution in [3.63, 3.8) is 0 Å². The molecule has 1 nitrogen and oxygen atoms in total. The van der Waals surface area contributed by atoms with E-state index in [2.05, 4.69) is 215 Å². The van der Waals surface area contributed by atoms with Crippen molar-refractivity contribution in [3.8, 4) is 5.75 Å². The molecule has 0 heterocycles. The van der Waals surface area contributed by atoms with Crippen LogP contribution < -0.4 is 38.3 Å². The molecule has 240 valence electrons. The molecule has 0 aliphatic rings. The van der Waals surface area contributed by atoms with Crippen LogP contribution in [0.1, 0.15) is 26.3 Å². The summed E-state index contributed by atoms with van der Waals surface area (Å²) < 4.78 is 4.95. The van der Waals surface area contributed by atoms with Gasteiger partial charge >= 0.3 is 296 Å². The molecule has 49 heavy (non-hydrogen) atoms. The van der Waals surface area contributed by atoms with Gasteiger partial charge in [0.25, 0.3) is 0 Å². The van der Waals surface area contributed by atoms with Gasteiger partial charge in [0, 0.05) is 0 Å². The molecule has 0 saturated carbocycles. The van der Waals surface area contributed by atoms with Gasteiger partial charge in [0.05, 0.1) is 0 Å². The minimum atomic E-state index is -3.89. The zero-order chi connectivity index (χ0) is 33.9. The molecule has 0 saturated heterocycles. The van der Waals surface area contributed by atoms with Gasteiger partial charge in [-0.15, -0.1) is 0 Å². The fourth-order valence-corrected chi connectivity index (χ4v) is 23.1. The Bertz CT molecular complexity index is 1790. The summed E-state index contributed by atoms with van der Waals surface area (Å²) >= 11 is -3.89. The number of aromatic hydroxyl groups is 1. The van der Waals surface area contributed by atoms with Crippen LogP contribution >= 0.6 is 0 Å². The number of phenolic OH excluding ortho intramolecular Hbond substituents is 1. The molecule has 1 N–H and O–H groups in total. The second-order valence-electron chi connectivity index (χ2n) is 13.9. The van der Waals surface area contributed by atoms with E-state index >= 15 is 0 Å². The number of hydrogen-bond acceptors (Lipinski definition) is 1. The fourth-order valence-electron chi connectivity index (χ4n) is 7.70. The van der Waals surface area contributed by atoms with E-state index in [1.54, 1.807) is 0 Å². The molecule has 0 aliphatic carbocycles. The van der Waals surface area contributed by atoms with Crippen LogP contribution in [0.5, 0.6) is 5.75 Å². The van der Waals surface area contributed by atoms with E-state index in [1.807, 2.05) is 0 Å². The summed E-state index contributed by atoms with van der Waals surface area (Å²) in [6.45, 7) is 6.89. The standard InChI is InChI=1S/C46H42GeOSi/c1-46(2,3)36-34-43(47(37-22-10-4-11-23-37,38-24-12-5-13-25-38)39-26-14-6-15-27-39)45(48)44(35-36)49(40-28-16-7-17-29-40,41-30-18-8-19-31-41)42-32-20-9-21-33-42/h4-35,48H,1-3H3. The molecule has 0 unspecified atom stereocenters. The van der Waals surface area contributed by atoms with Crippen molar-refractivity contribution in [2.75, 3.05) is 0 Å². The van der Waals surface area contributed by atoms with Crippen molar-refractivity contribution in [1.82, 2.24) is 0 Å². The summed E-state index contributed by atoms with van der Waals surface area (Å²) in [7, 11) is -3.09. The number of rotatable bonds is 8. The predicted octanol–water partition coefficient (Wildman–Crippen LogP) is 5.44. The summed E-state index contributed by atoms with van der Waals surface area (Å²) in [4.78, 5) is 0. The molecule has 0 aromatic heterocycles. The van der Waals surface area contributed by atoms with E-state index in [1.165, 1.54) is 34.3 Å². The third-order valence-electron chi connectivity index (χ3n) is 10.0. The van der Waals surface area contributed by atoms with Crippen molar-refractivity contribution < 1.29 is 5.11 Å². The Hall–Kier alpha value is -4.90. The zero-order valence-corrected chi connectivity index (χ0v) is 31.5. The number of hydrogen-bond donors (Lipinski definition) is 1. The Kier molecular flexibility index (Phi) is 9.02. The Balaban J connectivity index is 1.73. The van der Waals surface area contributed by atoms with Gasteiger partial charge in [-0.2, -0.15) is 0 Å². The van der Waals surface area contributed by atoms with Crippen LogP contribution in [-0.2, 0) is 5.41 Å². The van der Waals surface area contributed by atoms with Crippen molar-refractivity contribution in [2.24, 2.45) is 0 Å². The topological polar surface area (TPSA) is 20.2 Å². The summed E-state index contributed by atoms with van der Waals surface area (Å²) in [5, 5.41) is 18.3. The molecule has 3 heteroatoms. The second kappa shape index (κ2) is 13.5. The first-order chi connectivity index (χ1) is 23.9. The fraction of sp³-hybridized carbons (Fsp3) is 0.0870. The summed E-state index contributed by atoms with van der Waals surface area (Å²) in [5.74, 6) is 0.424. The van der Waals surface area contributed by atoms with Crippen molar-refractivity contribution in [2.45, 2.75) is 26.2 Å². The van der Waals surface area contributed by atoms with Crippen LogP contribution in [0.25, 0.3) is 0 Å². The second-order valence-corrected chi connectivity index (χ2v) is 25.5. The Labute approximate surface area is 295 Å². The van der Waals surface area contributed by atoms with Crippen LogP contribution in [-0.4, -0.2) is 26.4 Å². The monoisotopic (exact) mass is 712 g/mol. The predicted molar refractivity (Wildman–Crippen MR) is 214 cm³/mol. The van der Waals surface area contributed by atoms with Gasteiger partial charge in [-0.1, -0.05) is 0 Å². The molecule has 0 spiro atoms. The molecule has 0 radical (unpaired) electrons. The van der Waals surface area contributed by atoms with E-state index in [0.29, 0.717) is 5.75 Å². The quantitative estimate of drug-likeness (QED) is 0.165. The van der Waals surface area contributed by atoms with Gasteiger partial charge in [0.15, 0.2) is 0 Å². The third-order valence-corrected chi connectivity index (χ3v) is 24.9. The average molecular weight is 712 g/mol. The van der Waals surface area contributed by atoms with Gasteiger partial charge in [0.1, 0.15) is 0 Å². The maximum atomic E-state index is 13.5. The first-order valence-corrected chi connectivity index (χ1v) is 23.3. The van der Waals surface area contributed by atoms with Gasteiger partial charge in [-0.05, 0) is 0 Å². The Morgan fingerprint density at radius 3 is 1.04 bits per heavy atom. The first-order valence-electron chi connectivity index (χ1n) is 17.1. The summed E-state index contributed by atoms with van der Waals surface area (Å²) in [6, 6.07) is 70.5. The third kappa shape index (κ3) is 5.69. The number of phenols is 1. The molecule has 0 fully saturated rings. The minimum absolute atomic E-state index is 0.181. The normalized spacial score (nSPS) is 12.1. The molecular formula is C46H42GeOSi. The summed E-state index contributed by atoms with van der Waals surface area (Å²) in [5.41, 5.74) is 1.05. The van der Waals surface area contributed by atoms with Crippen LogP contribution in [0, 0.1) is 0 Å². The number of benzene rings is 7. The molecule has 7 rings (SSSR count). The van der Waals surface area contributed by atoms with Gasteiger partial charge in [-0.3, -0.25) is 0 Å².